The van der Waals surface area contributed by atoms with Gasteiger partial charge in [0, 0.05) is 25.7 Å². The summed E-state index contributed by atoms with van der Waals surface area (Å²) < 4.78 is 0. The number of amides is 1. The fourth-order valence-electron chi connectivity index (χ4n) is 0.770. The van der Waals surface area contributed by atoms with Crippen LogP contribution in [0.4, 0.5) is 0 Å². The molecule has 0 aromatic rings. The Kier molecular flexibility index (Phi) is 1.52. The quantitative estimate of drug-likeness (QED) is 0.427. The van der Waals surface area contributed by atoms with E-state index in [1.165, 1.54) is 0 Å². The van der Waals surface area contributed by atoms with Crippen LogP contribution < -0.4 is 0 Å². The second-order valence-electron chi connectivity index (χ2n) is 2.18. The number of likely N-dealkylation sites (tertiary alicyclic amines) is 1. The first-order valence-electron chi connectivity index (χ1n) is 2.71. The van der Waals surface area contributed by atoms with Gasteiger partial charge in [-0.1, -0.05) is 0 Å². The Labute approximate surface area is 51.4 Å². The molecule has 1 rings (SSSR count). The molecular weight excluding hydrogens is 121 g/mol. The van der Waals surface area contributed by atoms with Crippen LogP contribution in [-0.4, -0.2) is 29.6 Å². The predicted octanol–water partition coefficient (Wildman–Crippen LogP) is 0.0922. The molecule has 1 saturated heterocycles. The van der Waals surface area contributed by atoms with E-state index in [0.717, 1.165) is 13.1 Å². The maximum absolute atomic E-state index is 10.5. The minimum Gasteiger partial charge on any atom is -0.342 e. The van der Waals surface area contributed by atoms with Crippen LogP contribution >= 0.6 is 9.24 Å². The number of carbonyl (C=O) groups is 1. The van der Waals surface area contributed by atoms with Gasteiger partial charge in [-0.05, 0) is 0 Å². The van der Waals surface area contributed by atoms with Crippen molar-refractivity contribution in [2.45, 2.75) is 12.6 Å². The summed E-state index contributed by atoms with van der Waals surface area (Å²) in [6.45, 7) is 3.47. The van der Waals surface area contributed by atoms with Gasteiger partial charge in [0.25, 0.3) is 0 Å². The van der Waals surface area contributed by atoms with Crippen molar-refractivity contribution in [1.82, 2.24) is 4.90 Å². The van der Waals surface area contributed by atoms with Gasteiger partial charge in [0.05, 0.1) is 0 Å². The Bertz CT molecular complexity index is 109. The summed E-state index contributed by atoms with van der Waals surface area (Å²) in [5.41, 5.74) is 0.652. The Morgan fingerprint density at radius 2 is 2.25 bits per heavy atom. The third-order valence-corrected chi connectivity index (χ3v) is 1.78. The van der Waals surface area contributed by atoms with E-state index in [9.17, 15) is 4.79 Å². The summed E-state index contributed by atoms with van der Waals surface area (Å²) in [5, 5.41) is 0. The molecule has 0 saturated carbocycles. The molecule has 1 unspecified atom stereocenters. The highest BCUT2D eigenvalue weighted by Crippen LogP contribution is 2.15. The van der Waals surface area contributed by atoms with Crippen molar-refractivity contribution >= 4 is 15.1 Å². The standard InChI is InChI=1S/C5H10NOP/c1-4(7)6-2-5(8)3-6/h5H,2-3,8H2,1H3. The molecule has 1 aliphatic heterocycles. The lowest BCUT2D eigenvalue weighted by Crippen LogP contribution is -2.49. The number of hydrogen-bond acceptors (Lipinski definition) is 1. The first-order chi connectivity index (χ1) is 3.70. The molecule has 0 aromatic heterocycles. The number of hydrogen-bond donors (Lipinski definition) is 0. The number of carbonyl (C=O) groups excluding carboxylic acids is 1. The number of rotatable bonds is 0. The first-order valence-corrected chi connectivity index (χ1v) is 3.38. The fraction of sp³-hybridized carbons (Fsp3) is 0.800. The van der Waals surface area contributed by atoms with Gasteiger partial charge in [-0.15, -0.1) is 9.24 Å². The van der Waals surface area contributed by atoms with Gasteiger partial charge >= 0.3 is 0 Å². The molecular formula is C5H10NOP. The summed E-state index contributed by atoms with van der Waals surface area (Å²) >= 11 is 0. The summed E-state index contributed by atoms with van der Waals surface area (Å²) in [7, 11) is 2.70. The molecule has 1 heterocycles. The van der Waals surface area contributed by atoms with E-state index in [4.69, 9.17) is 0 Å². The van der Waals surface area contributed by atoms with Gasteiger partial charge in [-0.3, -0.25) is 4.79 Å². The van der Waals surface area contributed by atoms with E-state index in [2.05, 4.69) is 9.24 Å². The highest BCUT2D eigenvalue weighted by molar-refractivity contribution is 7.17. The first kappa shape index (κ1) is 6.03. The van der Waals surface area contributed by atoms with Crippen LogP contribution in [0.3, 0.4) is 0 Å². The topological polar surface area (TPSA) is 20.3 Å². The second kappa shape index (κ2) is 2.02. The van der Waals surface area contributed by atoms with Crippen LogP contribution in [0, 0.1) is 0 Å². The van der Waals surface area contributed by atoms with E-state index in [1.54, 1.807) is 6.92 Å². The maximum atomic E-state index is 10.5. The molecule has 3 heteroatoms. The zero-order valence-electron chi connectivity index (χ0n) is 4.92. The molecule has 1 amide bonds. The van der Waals surface area contributed by atoms with Crippen molar-refractivity contribution in [3.05, 3.63) is 0 Å². The Morgan fingerprint density at radius 3 is 2.38 bits per heavy atom. The van der Waals surface area contributed by atoms with E-state index in [-0.39, 0.29) is 5.91 Å². The molecule has 0 aliphatic carbocycles. The van der Waals surface area contributed by atoms with Gasteiger partial charge in [0.2, 0.25) is 5.91 Å². The lowest BCUT2D eigenvalue weighted by atomic mass is 10.2. The van der Waals surface area contributed by atoms with Crippen LogP contribution in [0.5, 0.6) is 0 Å². The highest BCUT2D eigenvalue weighted by atomic mass is 31.0. The van der Waals surface area contributed by atoms with E-state index >= 15 is 0 Å². The Balaban J connectivity index is 2.25. The lowest BCUT2D eigenvalue weighted by Gasteiger charge is -2.35. The Hall–Kier alpha value is -0.100. The molecule has 0 bridgehead atoms. The van der Waals surface area contributed by atoms with Gasteiger partial charge in [0.1, 0.15) is 0 Å². The summed E-state index contributed by atoms with van der Waals surface area (Å²) in [6, 6.07) is 0. The zero-order valence-corrected chi connectivity index (χ0v) is 6.08. The van der Waals surface area contributed by atoms with Crippen molar-refractivity contribution in [3.63, 3.8) is 0 Å². The van der Waals surface area contributed by atoms with Crippen LogP contribution in [0.25, 0.3) is 0 Å². The van der Waals surface area contributed by atoms with Crippen LogP contribution in [0.15, 0.2) is 0 Å². The molecule has 46 valence electrons. The molecule has 1 atom stereocenters. The molecule has 8 heavy (non-hydrogen) atoms. The van der Waals surface area contributed by atoms with Crippen LogP contribution in [-0.2, 0) is 4.79 Å². The van der Waals surface area contributed by atoms with E-state index in [1.807, 2.05) is 4.90 Å². The number of nitrogens with zero attached hydrogens (tertiary/aromatic N) is 1. The monoisotopic (exact) mass is 131 g/mol. The largest absolute Gasteiger partial charge is 0.342 e. The Morgan fingerprint density at radius 1 is 1.75 bits per heavy atom. The van der Waals surface area contributed by atoms with E-state index in [0.29, 0.717) is 5.66 Å². The molecule has 1 aliphatic rings. The van der Waals surface area contributed by atoms with Crippen LogP contribution in [0.1, 0.15) is 6.92 Å². The maximum Gasteiger partial charge on any atom is 0.219 e. The van der Waals surface area contributed by atoms with Crippen molar-refractivity contribution in [3.8, 4) is 0 Å². The van der Waals surface area contributed by atoms with Gasteiger partial charge in [-0.25, -0.2) is 0 Å². The third-order valence-electron chi connectivity index (χ3n) is 1.36. The van der Waals surface area contributed by atoms with Crippen molar-refractivity contribution in [1.29, 1.82) is 0 Å². The summed E-state index contributed by atoms with van der Waals surface area (Å²) in [5.74, 6) is 0.198. The summed E-state index contributed by atoms with van der Waals surface area (Å²) in [6.07, 6.45) is 0. The van der Waals surface area contributed by atoms with Gasteiger partial charge < -0.3 is 4.90 Å². The zero-order chi connectivity index (χ0) is 6.15. The average molecular weight is 131 g/mol. The SMILES string of the molecule is CC(=O)N1CC(P)C1. The normalized spacial score (nSPS) is 20.5. The van der Waals surface area contributed by atoms with Gasteiger partial charge in [0.15, 0.2) is 0 Å². The molecule has 1 fully saturated rings. The lowest BCUT2D eigenvalue weighted by molar-refractivity contribution is -0.131. The van der Waals surface area contributed by atoms with Crippen LogP contribution in [0.2, 0.25) is 0 Å². The molecule has 0 spiro atoms. The molecule has 0 aromatic carbocycles. The molecule has 0 radical (unpaired) electrons. The minimum atomic E-state index is 0.198. The van der Waals surface area contributed by atoms with Crippen molar-refractivity contribution in [2.75, 3.05) is 13.1 Å². The highest BCUT2D eigenvalue weighted by Gasteiger charge is 2.23. The van der Waals surface area contributed by atoms with Crippen molar-refractivity contribution in [2.24, 2.45) is 0 Å². The summed E-state index contributed by atoms with van der Waals surface area (Å²) in [4.78, 5) is 12.3. The average Bonchev–Trinajstić information content (AvgIpc) is 1.57. The fourth-order valence-corrected chi connectivity index (χ4v) is 1.28. The smallest absolute Gasteiger partial charge is 0.219 e. The molecule has 2 nitrogen and oxygen atoms in total. The minimum absolute atomic E-state index is 0.198. The third kappa shape index (κ3) is 1.00. The van der Waals surface area contributed by atoms with Gasteiger partial charge in [-0.2, -0.15) is 0 Å². The van der Waals surface area contributed by atoms with Crippen molar-refractivity contribution < 1.29 is 4.79 Å². The van der Waals surface area contributed by atoms with E-state index < -0.39 is 0 Å². The predicted molar refractivity (Wildman–Crippen MR) is 35.8 cm³/mol. The second-order valence-corrected chi connectivity index (χ2v) is 3.13. The molecule has 0 N–H and O–H groups in total.